The molecule has 1 amide bonds. The van der Waals surface area contributed by atoms with Crippen LogP contribution in [0.25, 0.3) is 0 Å². The predicted octanol–water partition coefficient (Wildman–Crippen LogP) is 3.27. The third kappa shape index (κ3) is 2.95. The number of hydrogen-bond acceptors (Lipinski definition) is 4. The Morgan fingerprint density at radius 1 is 0.929 bits per heavy atom. The maximum atomic E-state index is 13.2. The molecule has 1 aromatic heterocycles. The number of carbonyl (C=O) groups is 1. The number of aliphatic imine (C=N–C) groups is 1. The van der Waals surface area contributed by atoms with Crippen LogP contribution in [0.3, 0.4) is 0 Å². The monoisotopic (exact) mass is 368 g/mol. The summed E-state index contributed by atoms with van der Waals surface area (Å²) in [5.41, 5.74) is 12.1. The molecule has 28 heavy (non-hydrogen) atoms. The number of nitrogen functional groups attached to an aromatic ring is 1. The molecule has 3 aliphatic heterocycles. The lowest BCUT2D eigenvalue weighted by atomic mass is 9.99. The molecule has 4 bridgehead atoms. The van der Waals surface area contributed by atoms with Crippen LogP contribution in [0.2, 0.25) is 0 Å². The van der Waals surface area contributed by atoms with Gasteiger partial charge in [-0.2, -0.15) is 0 Å². The maximum Gasteiger partial charge on any atom is 0.232 e. The molecular formula is C23H20N4O. The molecule has 0 radical (unpaired) electrons. The van der Waals surface area contributed by atoms with E-state index in [1.54, 1.807) is 11.1 Å². The molecule has 5 heteroatoms. The summed E-state index contributed by atoms with van der Waals surface area (Å²) in [4.78, 5) is 24.3. The number of rotatable bonds is 0. The summed E-state index contributed by atoms with van der Waals surface area (Å²) in [5.74, 6) is 1.34. The summed E-state index contributed by atoms with van der Waals surface area (Å²) in [6.45, 7) is 0.580. The lowest BCUT2D eigenvalue weighted by molar-refractivity contribution is -0.126. The van der Waals surface area contributed by atoms with E-state index < -0.39 is 0 Å². The van der Waals surface area contributed by atoms with Crippen LogP contribution in [0.5, 0.6) is 0 Å². The molecule has 0 aliphatic carbocycles. The first kappa shape index (κ1) is 16.7. The number of benzene rings is 2. The second-order valence-electron chi connectivity index (χ2n) is 7.30. The van der Waals surface area contributed by atoms with Gasteiger partial charge in [0.25, 0.3) is 0 Å². The van der Waals surface area contributed by atoms with Crippen LogP contribution >= 0.6 is 0 Å². The van der Waals surface area contributed by atoms with E-state index >= 15 is 0 Å². The van der Waals surface area contributed by atoms with E-state index in [2.05, 4.69) is 23.2 Å². The summed E-state index contributed by atoms with van der Waals surface area (Å²) in [6.07, 6.45) is 3.55. The Balaban J connectivity index is 1.65. The summed E-state index contributed by atoms with van der Waals surface area (Å²) in [6, 6.07) is 18.1. The fourth-order valence-electron chi connectivity index (χ4n) is 3.84. The SMILES string of the molecule is Nc1ccc2cc1Cc1cccnc1/N=C\2N1CCc2ccc(cc2)CC1=O. The zero-order valence-electron chi connectivity index (χ0n) is 15.4. The molecule has 4 heterocycles. The van der Waals surface area contributed by atoms with E-state index in [1.165, 1.54) is 5.56 Å². The van der Waals surface area contributed by atoms with Gasteiger partial charge >= 0.3 is 0 Å². The van der Waals surface area contributed by atoms with Crippen molar-refractivity contribution >= 4 is 23.2 Å². The zero-order chi connectivity index (χ0) is 19.1. The average molecular weight is 368 g/mol. The number of amidine groups is 1. The van der Waals surface area contributed by atoms with E-state index in [4.69, 9.17) is 10.7 Å². The topological polar surface area (TPSA) is 71.6 Å². The van der Waals surface area contributed by atoms with Crippen LogP contribution in [0.15, 0.2) is 65.8 Å². The number of amides is 1. The van der Waals surface area contributed by atoms with Crippen molar-refractivity contribution in [3.8, 4) is 0 Å². The first-order valence-electron chi connectivity index (χ1n) is 9.47. The lowest BCUT2D eigenvalue weighted by Gasteiger charge is -2.26. The third-order valence-electron chi connectivity index (χ3n) is 5.42. The highest BCUT2D eigenvalue weighted by Crippen LogP contribution is 2.28. The van der Waals surface area contributed by atoms with Gasteiger partial charge in [0.1, 0.15) is 5.84 Å². The van der Waals surface area contributed by atoms with Gasteiger partial charge in [0.05, 0.1) is 6.42 Å². The number of hydrogen-bond donors (Lipinski definition) is 1. The fraction of sp³-hybridized carbons (Fsp3) is 0.174. The second kappa shape index (κ2) is 6.60. The van der Waals surface area contributed by atoms with E-state index in [0.29, 0.717) is 31.0 Å². The minimum absolute atomic E-state index is 0.0441. The van der Waals surface area contributed by atoms with E-state index in [1.807, 2.05) is 36.4 Å². The Hall–Kier alpha value is -3.47. The summed E-state index contributed by atoms with van der Waals surface area (Å²) in [5, 5.41) is 0. The van der Waals surface area contributed by atoms with Crippen molar-refractivity contribution in [2.24, 2.45) is 4.99 Å². The summed E-state index contributed by atoms with van der Waals surface area (Å²) in [7, 11) is 0. The summed E-state index contributed by atoms with van der Waals surface area (Å²) < 4.78 is 0. The Labute approximate surface area is 163 Å². The van der Waals surface area contributed by atoms with E-state index in [0.717, 1.165) is 34.4 Å². The number of nitrogens with two attached hydrogens (primary N) is 1. The van der Waals surface area contributed by atoms with Gasteiger partial charge in [0, 0.05) is 36.0 Å². The highest BCUT2D eigenvalue weighted by Gasteiger charge is 2.25. The quantitative estimate of drug-likeness (QED) is 0.619. The van der Waals surface area contributed by atoms with Crippen molar-refractivity contribution < 1.29 is 4.79 Å². The first-order chi connectivity index (χ1) is 13.7. The van der Waals surface area contributed by atoms with Crippen LogP contribution in [0.1, 0.15) is 27.8 Å². The normalized spacial score (nSPS) is 17.5. The number of nitrogens with zero attached hydrogens (tertiary/aromatic N) is 3. The fourth-order valence-corrected chi connectivity index (χ4v) is 3.84. The molecular weight excluding hydrogens is 348 g/mol. The second-order valence-corrected chi connectivity index (χ2v) is 7.30. The van der Waals surface area contributed by atoms with Crippen molar-refractivity contribution in [2.75, 3.05) is 12.3 Å². The molecule has 0 saturated carbocycles. The first-order valence-corrected chi connectivity index (χ1v) is 9.47. The minimum Gasteiger partial charge on any atom is -0.398 e. The maximum absolute atomic E-state index is 13.2. The molecule has 3 aromatic rings. The minimum atomic E-state index is 0.0441. The molecule has 6 rings (SSSR count). The third-order valence-corrected chi connectivity index (χ3v) is 5.42. The van der Waals surface area contributed by atoms with Crippen molar-refractivity contribution in [1.29, 1.82) is 0 Å². The number of anilines is 1. The molecule has 138 valence electrons. The number of pyridine rings is 1. The largest absolute Gasteiger partial charge is 0.398 e. The van der Waals surface area contributed by atoms with Crippen LogP contribution < -0.4 is 5.73 Å². The predicted molar refractivity (Wildman–Crippen MR) is 110 cm³/mol. The van der Waals surface area contributed by atoms with Crippen molar-refractivity contribution in [1.82, 2.24) is 9.88 Å². The standard InChI is InChI=1S/C23H20N4O/c24-20-8-7-18-14-19(20)13-17-2-1-10-25-22(17)26-23(18)27-11-9-15-3-5-16(6-4-15)12-21(27)28/h1-8,10,14H,9,11-13,24H2/b26-23+. The van der Waals surface area contributed by atoms with Crippen LogP contribution in [-0.4, -0.2) is 28.2 Å². The van der Waals surface area contributed by atoms with Crippen molar-refractivity contribution in [2.45, 2.75) is 19.3 Å². The number of fused-ring (bicyclic) bond motifs is 9. The molecule has 0 fully saturated rings. The van der Waals surface area contributed by atoms with Gasteiger partial charge in [-0.15, -0.1) is 0 Å². The molecule has 5 nitrogen and oxygen atoms in total. The van der Waals surface area contributed by atoms with Crippen LogP contribution in [-0.2, 0) is 24.1 Å². The van der Waals surface area contributed by atoms with Gasteiger partial charge in [0.2, 0.25) is 5.91 Å². The molecule has 0 unspecified atom stereocenters. The molecule has 0 spiro atoms. The van der Waals surface area contributed by atoms with Crippen molar-refractivity contribution in [3.63, 3.8) is 0 Å². The smallest absolute Gasteiger partial charge is 0.232 e. The highest BCUT2D eigenvalue weighted by molar-refractivity contribution is 6.09. The Morgan fingerprint density at radius 2 is 1.75 bits per heavy atom. The molecule has 0 saturated heterocycles. The van der Waals surface area contributed by atoms with Crippen molar-refractivity contribution in [3.05, 3.63) is 88.6 Å². The number of carbonyl (C=O) groups excluding carboxylic acids is 1. The Morgan fingerprint density at radius 3 is 2.61 bits per heavy atom. The van der Waals surface area contributed by atoms with Gasteiger partial charge < -0.3 is 5.73 Å². The highest BCUT2D eigenvalue weighted by atomic mass is 16.2. The Kier molecular flexibility index (Phi) is 3.93. The lowest BCUT2D eigenvalue weighted by Crippen LogP contribution is -2.40. The molecule has 2 N–H and O–H groups in total. The zero-order valence-corrected chi connectivity index (χ0v) is 15.4. The average Bonchev–Trinajstić information content (AvgIpc) is 2.81. The Bertz CT molecular complexity index is 1100. The van der Waals surface area contributed by atoms with Gasteiger partial charge in [-0.3, -0.25) is 9.69 Å². The molecule has 2 aromatic carbocycles. The van der Waals surface area contributed by atoms with E-state index in [9.17, 15) is 4.79 Å². The molecule has 3 aliphatic rings. The van der Waals surface area contributed by atoms with Gasteiger partial charge in [-0.25, -0.2) is 9.98 Å². The van der Waals surface area contributed by atoms with E-state index in [-0.39, 0.29) is 5.91 Å². The molecule has 0 atom stereocenters. The van der Waals surface area contributed by atoms with Crippen LogP contribution in [0.4, 0.5) is 11.5 Å². The summed E-state index contributed by atoms with van der Waals surface area (Å²) >= 11 is 0. The van der Waals surface area contributed by atoms with Gasteiger partial charge in [-0.1, -0.05) is 30.3 Å². The van der Waals surface area contributed by atoms with Gasteiger partial charge in [-0.05, 0) is 47.4 Å². The van der Waals surface area contributed by atoms with Crippen LogP contribution in [0, 0.1) is 0 Å². The van der Waals surface area contributed by atoms with Gasteiger partial charge in [0.15, 0.2) is 5.82 Å². The number of aromatic nitrogens is 1.